The minimum Gasteiger partial charge on any atom is -0.406 e. The van der Waals surface area contributed by atoms with Gasteiger partial charge in [0.25, 0.3) is 0 Å². The van der Waals surface area contributed by atoms with Gasteiger partial charge in [-0.2, -0.15) is 0 Å². The molecule has 2 aromatic rings. The lowest BCUT2D eigenvalue weighted by Crippen LogP contribution is -2.31. The maximum atomic E-state index is 13.0. The molecule has 3 N–H and O–H groups in total. The summed E-state index contributed by atoms with van der Waals surface area (Å²) in [5.41, 5.74) is 7.07. The topological polar surface area (TPSA) is 59.6 Å². The number of hydrogen-bond acceptors (Lipinski definition) is 2. The van der Waals surface area contributed by atoms with E-state index in [4.69, 9.17) is 5.73 Å². The van der Waals surface area contributed by atoms with Gasteiger partial charge in [-0.25, -0.2) is 9.38 Å². The highest BCUT2D eigenvalue weighted by Crippen LogP contribution is 2.22. The van der Waals surface area contributed by atoms with Crippen molar-refractivity contribution in [3.8, 4) is 5.75 Å². The fourth-order valence-electron chi connectivity index (χ4n) is 1.87. The molecule has 0 aliphatic heterocycles. The zero-order chi connectivity index (χ0) is 17.6. The Morgan fingerprint density at radius 2 is 1.79 bits per heavy atom. The van der Waals surface area contributed by atoms with Crippen molar-refractivity contribution < 1.29 is 22.3 Å². The van der Waals surface area contributed by atoms with Crippen molar-refractivity contribution in [2.75, 3.05) is 0 Å². The fourth-order valence-corrected chi connectivity index (χ4v) is 1.87. The van der Waals surface area contributed by atoms with Crippen molar-refractivity contribution in [3.63, 3.8) is 0 Å². The van der Waals surface area contributed by atoms with Crippen molar-refractivity contribution in [2.24, 2.45) is 10.7 Å². The normalized spacial score (nSPS) is 12.1. The van der Waals surface area contributed by atoms with Crippen LogP contribution in [-0.2, 0) is 13.1 Å². The molecular formula is C16H15F4N3O. The van der Waals surface area contributed by atoms with E-state index in [1.807, 2.05) is 0 Å². The van der Waals surface area contributed by atoms with Crippen molar-refractivity contribution in [1.29, 1.82) is 0 Å². The molecule has 0 saturated carbocycles. The Balaban J connectivity index is 1.85. The molecule has 0 heterocycles. The van der Waals surface area contributed by atoms with Gasteiger partial charge in [0, 0.05) is 6.54 Å². The second-order valence-corrected chi connectivity index (χ2v) is 4.88. The zero-order valence-corrected chi connectivity index (χ0v) is 12.5. The van der Waals surface area contributed by atoms with Gasteiger partial charge in [-0.15, -0.1) is 13.2 Å². The number of rotatable bonds is 5. The Hall–Kier alpha value is -2.77. The molecule has 4 nitrogen and oxygen atoms in total. The van der Waals surface area contributed by atoms with E-state index in [9.17, 15) is 17.6 Å². The molecule has 0 spiro atoms. The van der Waals surface area contributed by atoms with Gasteiger partial charge in [-0.05, 0) is 35.4 Å². The van der Waals surface area contributed by atoms with Crippen LogP contribution in [0.25, 0.3) is 0 Å². The van der Waals surface area contributed by atoms with Crippen LogP contribution in [0.5, 0.6) is 5.75 Å². The molecule has 0 aromatic heterocycles. The smallest absolute Gasteiger partial charge is 0.406 e. The highest BCUT2D eigenvalue weighted by Gasteiger charge is 2.30. The number of nitrogens with one attached hydrogen (secondary N) is 1. The van der Waals surface area contributed by atoms with E-state index in [2.05, 4.69) is 15.0 Å². The van der Waals surface area contributed by atoms with Crippen LogP contribution in [0.15, 0.2) is 53.5 Å². The Labute approximate surface area is 136 Å². The van der Waals surface area contributed by atoms with Crippen molar-refractivity contribution in [2.45, 2.75) is 19.5 Å². The van der Waals surface area contributed by atoms with Crippen LogP contribution in [0.3, 0.4) is 0 Å². The molecule has 0 amide bonds. The van der Waals surface area contributed by atoms with Crippen LogP contribution in [0.2, 0.25) is 0 Å². The number of alkyl halides is 3. The maximum Gasteiger partial charge on any atom is 0.573 e. The summed E-state index contributed by atoms with van der Waals surface area (Å²) in [4.78, 5) is 4.06. The van der Waals surface area contributed by atoms with Gasteiger partial charge in [0.2, 0.25) is 0 Å². The predicted molar refractivity (Wildman–Crippen MR) is 81.7 cm³/mol. The number of hydrogen-bond donors (Lipinski definition) is 2. The van der Waals surface area contributed by atoms with Crippen molar-refractivity contribution in [3.05, 3.63) is 65.5 Å². The molecule has 0 aliphatic carbocycles. The molecule has 0 saturated heterocycles. The van der Waals surface area contributed by atoms with E-state index in [-0.39, 0.29) is 30.6 Å². The molecule has 0 bridgehead atoms. The molecule has 24 heavy (non-hydrogen) atoms. The summed E-state index contributed by atoms with van der Waals surface area (Å²) in [6, 6.07) is 11.4. The Kier molecular flexibility index (Phi) is 5.62. The van der Waals surface area contributed by atoms with Crippen LogP contribution >= 0.6 is 0 Å². The summed E-state index contributed by atoms with van der Waals surface area (Å²) in [5, 5.41) is 2.82. The number of benzene rings is 2. The average molecular weight is 341 g/mol. The summed E-state index contributed by atoms with van der Waals surface area (Å²) in [5.74, 6) is -0.496. The van der Waals surface area contributed by atoms with E-state index >= 15 is 0 Å². The highest BCUT2D eigenvalue weighted by atomic mass is 19.4. The number of ether oxygens (including phenoxy) is 1. The van der Waals surface area contributed by atoms with Gasteiger partial charge in [-0.1, -0.05) is 24.3 Å². The molecule has 0 aliphatic rings. The molecule has 2 aromatic carbocycles. The first kappa shape index (κ1) is 17.6. The monoisotopic (exact) mass is 341 g/mol. The third kappa shape index (κ3) is 6.15. The van der Waals surface area contributed by atoms with Gasteiger partial charge in [0.05, 0.1) is 6.54 Å². The summed E-state index contributed by atoms with van der Waals surface area (Å²) in [6.45, 7) is 0.500. The zero-order valence-electron chi connectivity index (χ0n) is 12.5. The average Bonchev–Trinajstić information content (AvgIpc) is 2.51. The standard InChI is InChI=1S/C16H15F4N3O/c17-13-3-1-2-12(8-13)10-23-15(21)22-9-11-4-6-14(7-5-11)24-16(18,19)20/h1-8H,9-10H2,(H3,21,22,23). The molecular weight excluding hydrogens is 326 g/mol. The number of nitrogens with two attached hydrogens (primary N) is 1. The van der Waals surface area contributed by atoms with Crippen LogP contribution in [0.4, 0.5) is 17.6 Å². The van der Waals surface area contributed by atoms with E-state index in [1.165, 1.54) is 36.4 Å². The Morgan fingerprint density at radius 3 is 2.42 bits per heavy atom. The minimum atomic E-state index is -4.71. The molecule has 0 fully saturated rings. The Bertz CT molecular complexity index is 699. The lowest BCUT2D eigenvalue weighted by Gasteiger charge is -2.10. The van der Waals surface area contributed by atoms with Crippen LogP contribution in [-0.4, -0.2) is 12.3 Å². The van der Waals surface area contributed by atoms with Crippen LogP contribution < -0.4 is 15.8 Å². The van der Waals surface area contributed by atoms with E-state index in [0.717, 1.165) is 0 Å². The van der Waals surface area contributed by atoms with Gasteiger partial charge in [0.1, 0.15) is 11.6 Å². The quantitative estimate of drug-likeness (QED) is 0.498. The van der Waals surface area contributed by atoms with Gasteiger partial charge >= 0.3 is 6.36 Å². The Morgan fingerprint density at radius 1 is 1.08 bits per heavy atom. The fraction of sp³-hybridized carbons (Fsp3) is 0.188. The molecule has 0 unspecified atom stereocenters. The van der Waals surface area contributed by atoms with Gasteiger partial charge in [0.15, 0.2) is 5.96 Å². The highest BCUT2D eigenvalue weighted by molar-refractivity contribution is 5.77. The lowest BCUT2D eigenvalue weighted by atomic mass is 10.2. The van der Waals surface area contributed by atoms with Crippen LogP contribution in [0, 0.1) is 5.82 Å². The number of aliphatic imine (C=N–C) groups is 1. The molecule has 8 heteroatoms. The summed E-state index contributed by atoms with van der Waals surface area (Å²) < 4.78 is 53.0. The van der Waals surface area contributed by atoms with Crippen LogP contribution in [0.1, 0.15) is 11.1 Å². The van der Waals surface area contributed by atoms with E-state index < -0.39 is 6.36 Å². The summed E-state index contributed by atoms with van der Waals surface area (Å²) in [7, 11) is 0. The van der Waals surface area contributed by atoms with E-state index in [0.29, 0.717) is 11.1 Å². The molecule has 0 atom stereocenters. The maximum absolute atomic E-state index is 13.0. The third-order valence-corrected chi connectivity index (χ3v) is 2.95. The SMILES string of the molecule is NC(=NCc1cccc(F)c1)NCc1ccc(OC(F)(F)F)cc1. The van der Waals surface area contributed by atoms with E-state index in [1.54, 1.807) is 12.1 Å². The van der Waals surface area contributed by atoms with Gasteiger partial charge < -0.3 is 15.8 Å². The second-order valence-electron chi connectivity index (χ2n) is 4.88. The molecule has 2 rings (SSSR count). The summed E-state index contributed by atoms with van der Waals surface area (Å²) in [6.07, 6.45) is -4.71. The largest absolute Gasteiger partial charge is 0.573 e. The molecule has 128 valence electrons. The first-order valence-electron chi connectivity index (χ1n) is 6.95. The minimum absolute atomic E-state index is 0.148. The first-order chi connectivity index (χ1) is 11.3. The molecule has 0 radical (unpaired) electrons. The number of nitrogens with zero attached hydrogens (tertiary/aromatic N) is 1. The first-order valence-corrected chi connectivity index (χ1v) is 6.95. The van der Waals surface area contributed by atoms with Crippen molar-refractivity contribution >= 4 is 5.96 Å². The third-order valence-electron chi connectivity index (χ3n) is 2.95. The predicted octanol–water partition coefficient (Wildman–Crippen LogP) is 3.33. The number of guanidine groups is 1. The second kappa shape index (κ2) is 7.67. The van der Waals surface area contributed by atoms with Gasteiger partial charge in [-0.3, -0.25) is 0 Å². The lowest BCUT2D eigenvalue weighted by molar-refractivity contribution is -0.274. The number of halogens is 4. The van der Waals surface area contributed by atoms with Crippen molar-refractivity contribution in [1.82, 2.24) is 5.32 Å². The summed E-state index contributed by atoms with van der Waals surface area (Å²) >= 11 is 0.